The Hall–Kier alpha value is -2.83. The Kier molecular flexibility index (Phi) is 4.59. The molecule has 2 aliphatic rings. The van der Waals surface area contributed by atoms with Gasteiger partial charge in [0.1, 0.15) is 11.6 Å². The van der Waals surface area contributed by atoms with Gasteiger partial charge in [0.05, 0.1) is 11.7 Å². The lowest BCUT2D eigenvalue weighted by molar-refractivity contribution is -0.139. The Bertz CT molecular complexity index is 866. The molecule has 1 aliphatic carbocycles. The largest absolute Gasteiger partial charge is 0.482 e. The molecule has 1 amide bonds. The van der Waals surface area contributed by atoms with Crippen molar-refractivity contribution in [2.24, 2.45) is 0 Å². The number of aliphatic carboxylic acids is 1. The number of carbonyl (C=O) groups is 2. The molecule has 0 bridgehead atoms. The van der Waals surface area contributed by atoms with E-state index in [0.717, 1.165) is 35.5 Å². The molecule has 1 unspecified atom stereocenters. The van der Waals surface area contributed by atoms with Gasteiger partial charge in [-0.2, -0.15) is 5.10 Å². The highest BCUT2D eigenvalue weighted by molar-refractivity contribution is 5.94. The lowest BCUT2D eigenvalue weighted by Gasteiger charge is -2.25. The molecule has 1 fully saturated rings. The molecule has 2 aromatic rings. The fourth-order valence-corrected chi connectivity index (χ4v) is 4.21. The van der Waals surface area contributed by atoms with E-state index in [2.05, 4.69) is 5.32 Å². The van der Waals surface area contributed by atoms with E-state index in [1.807, 2.05) is 23.7 Å². The van der Waals surface area contributed by atoms with E-state index in [4.69, 9.17) is 14.9 Å². The summed E-state index contributed by atoms with van der Waals surface area (Å²) in [6.07, 6.45) is 4.98. The van der Waals surface area contributed by atoms with Crippen molar-refractivity contribution in [3.05, 3.63) is 41.1 Å². The zero-order chi connectivity index (χ0) is 19.0. The SMILES string of the molecule is Cc1nn(C2CCCC2)c2c1C(c1ccc(OCC(=O)O)cc1)CC(=O)N2. The van der Waals surface area contributed by atoms with Crippen LogP contribution in [0.2, 0.25) is 0 Å². The molecule has 27 heavy (non-hydrogen) atoms. The molecule has 7 nitrogen and oxygen atoms in total. The van der Waals surface area contributed by atoms with E-state index < -0.39 is 5.97 Å². The number of benzene rings is 1. The van der Waals surface area contributed by atoms with E-state index in [9.17, 15) is 9.59 Å². The van der Waals surface area contributed by atoms with Crippen LogP contribution in [0, 0.1) is 6.92 Å². The van der Waals surface area contributed by atoms with Crippen LogP contribution in [-0.2, 0) is 9.59 Å². The number of anilines is 1. The number of ether oxygens (including phenoxy) is 1. The topological polar surface area (TPSA) is 93.5 Å². The van der Waals surface area contributed by atoms with Gasteiger partial charge >= 0.3 is 5.97 Å². The lowest BCUT2D eigenvalue weighted by Crippen LogP contribution is -2.25. The van der Waals surface area contributed by atoms with Gasteiger partial charge in [-0.1, -0.05) is 25.0 Å². The first kappa shape index (κ1) is 17.6. The van der Waals surface area contributed by atoms with Crippen LogP contribution < -0.4 is 10.1 Å². The third-order valence-corrected chi connectivity index (χ3v) is 5.44. The molecule has 1 saturated carbocycles. The normalized spacial score (nSPS) is 19.6. The maximum atomic E-state index is 12.4. The molecule has 0 radical (unpaired) electrons. The first-order valence-electron chi connectivity index (χ1n) is 9.36. The summed E-state index contributed by atoms with van der Waals surface area (Å²) >= 11 is 0. The van der Waals surface area contributed by atoms with Gasteiger partial charge in [0.2, 0.25) is 5.91 Å². The third kappa shape index (κ3) is 3.41. The number of nitrogens with zero attached hydrogens (tertiary/aromatic N) is 2. The molecule has 7 heteroatoms. The Morgan fingerprint density at radius 2 is 2.00 bits per heavy atom. The Labute approximate surface area is 157 Å². The van der Waals surface area contributed by atoms with E-state index in [-0.39, 0.29) is 18.4 Å². The molecule has 0 saturated heterocycles. The van der Waals surface area contributed by atoms with Gasteiger partial charge in [0, 0.05) is 17.9 Å². The Morgan fingerprint density at radius 1 is 1.30 bits per heavy atom. The molecular weight excluding hydrogens is 346 g/mol. The zero-order valence-electron chi connectivity index (χ0n) is 15.3. The molecule has 1 aromatic heterocycles. The molecule has 1 aliphatic heterocycles. The summed E-state index contributed by atoms with van der Waals surface area (Å²) in [6, 6.07) is 7.66. The van der Waals surface area contributed by atoms with Gasteiger partial charge in [-0.25, -0.2) is 9.48 Å². The quantitative estimate of drug-likeness (QED) is 0.844. The number of carboxylic acid groups (broad SMARTS) is 1. The van der Waals surface area contributed by atoms with Crippen molar-refractivity contribution in [3.8, 4) is 5.75 Å². The van der Waals surface area contributed by atoms with Crippen LogP contribution in [0.5, 0.6) is 5.75 Å². The summed E-state index contributed by atoms with van der Waals surface area (Å²) in [5.74, 6) is 0.268. The number of carboxylic acids is 1. The Morgan fingerprint density at radius 3 is 2.67 bits per heavy atom. The molecule has 1 aromatic carbocycles. The second-order valence-electron chi connectivity index (χ2n) is 7.29. The number of carbonyl (C=O) groups excluding carboxylic acids is 1. The number of aryl methyl sites for hydroxylation is 1. The average molecular weight is 369 g/mol. The van der Waals surface area contributed by atoms with Crippen molar-refractivity contribution >= 4 is 17.7 Å². The van der Waals surface area contributed by atoms with Crippen molar-refractivity contribution in [3.63, 3.8) is 0 Å². The van der Waals surface area contributed by atoms with E-state index >= 15 is 0 Å². The average Bonchev–Trinajstić information content (AvgIpc) is 3.28. The highest BCUT2D eigenvalue weighted by atomic mass is 16.5. The second kappa shape index (κ2) is 7.06. The number of nitrogens with one attached hydrogen (secondary N) is 1. The maximum absolute atomic E-state index is 12.4. The smallest absolute Gasteiger partial charge is 0.341 e. The fourth-order valence-electron chi connectivity index (χ4n) is 4.21. The van der Waals surface area contributed by atoms with Crippen molar-refractivity contribution in [2.75, 3.05) is 11.9 Å². The summed E-state index contributed by atoms with van der Waals surface area (Å²) < 4.78 is 7.22. The van der Waals surface area contributed by atoms with Crippen molar-refractivity contribution < 1.29 is 19.4 Å². The minimum atomic E-state index is -1.01. The summed E-state index contributed by atoms with van der Waals surface area (Å²) in [7, 11) is 0. The van der Waals surface area contributed by atoms with Crippen LogP contribution in [0.4, 0.5) is 5.82 Å². The number of amides is 1. The molecule has 2 N–H and O–H groups in total. The minimum absolute atomic E-state index is 0.00199. The van der Waals surface area contributed by atoms with Crippen molar-refractivity contribution in [2.45, 2.75) is 51.0 Å². The lowest BCUT2D eigenvalue weighted by atomic mass is 9.86. The predicted octanol–water partition coefficient (Wildman–Crippen LogP) is 3.24. The first-order chi connectivity index (χ1) is 13.0. The number of fused-ring (bicyclic) bond motifs is 1. The summed E-state index contributed by atoms with van der Waals surface area (Å²) in [5.41, 5.74) is 3.04. The Balaban J connectivity index is 1.65. The first-order valence-corrected chi connectivity index (χ1v) is 9.36. The number of hydrogen-bond donors (Lipinski definition) is 2. The van der Waals surface area contributed by atoms with Gasteiger partial charge in [-0.3, -0.25) is 4.79 Å². The van der Waals surface area contributed by atoms with Gasteiger partial charge < -0.3 is 15.2 Å². The van der Waals surface area contributed by atoms with Gasteiger partial charge in [-0.05, 0) is 37.5 Å². The molecule has 142 valence electrons. The van der Waals surface area contributed by atoms with Gasteiger partial charge in [0.25, 0.3) is 0 Å². The van der Waals surface area contributed by atoms with E-state index in [1.54, 1.807) is 12.1 Å². The summed E-state index contributed by atoms with van der Waals surface area (Å²) in [4.78, 5) is 23.0. The number of rotatable bonds is 5. The van der Waals surface area contributed by atoms with Crippen LogP contribution in [0.3, 0.4) is 0 Å². The summed E-state index contributed by atoms with van der Waals surface area (Å²) in [6.45, 7) is 1.63. The highest BCUT2D eigenvalue weighted by Crippen LogP contribution is 2.42. The predicted molar refractivity (Wildman–Crippen MR) is 99.1 cm³/mol. The molecule has 2 heterocycles. The van der Waals surface area contributed by atoms with Crippen LogP contribution in [-0.4, -0.2) is 33.4 Å². The van der Waals surface area contributed by atoms with E-state index in [1.165, 1.54) is 12.8 Å². The van der Waals surface area contributed by atoms with Crippen LogP contribution in [0.25, 0.3) is 0 Å². The van der Waals surface area contributed by atoms with Crippen LogP contribution in [0.15, 0.2) is 24.3 Å². The third-order valence-electron chi connectivity index (χ3n) is 5.44. The zero-order valence-corrected chi connectivity index (χ0v) is 15.3. The van der Waals surface area contributed by atoms with Gasteiger partial charge in [-0.15, -0.1) is 0 Å². The molecular formula is C20H23N3O4. The minimum Gasteiger partial charge on any atom is -0.482 e. The maximum Gasteiger partial charge on any atom is 0.341 e. The van der Waals surface area contributed by atoms with Gasteiger partial charge in [0.15, 0.2) is 6.61 Å². The van der Waals surface area contributed by atoms with Crippen LogP contribution >= 0.6 is 0 Å². The van der Waals surface area contributed by atoms with E-state index in [0.29, 0.717) is 18.2 Å². The standard InChI is InChI=1S/C20H23N3O4/c1-12-19-16(13-6-8-15(9-7-13)27-11-18(25)26)10-17(24)21-20(19)23(22-12)14-4-2-3-5-14/h6-9,14,16H,2-5,10-11H2,1H3,(H,21,24)(H,25,26). The second-order valence-corrected chi connectivity index (χ2v) is 7.29. The summed E-state index contributed by atoms with van der Waals surface area (Å²) in [5, 5.41) is 16.5. The fraction of sp³-hybridized carbons (Fsp3) is 0.450. The monoisotopic (exact) mass is 369 g/mol. The van der Waals surface area contributed by atoms with Crippen molar-refractivity contribution in [1.82, 2.24) is 9.78 Å². The molecule has 1 atom stereocenters. The molecule has 0 spiro atoms. The number of hydrogen-bond acceptors (Lipinski definition) is 4. The van der Waals surface area contributed by atoms with Crippen molar-refractivity contribution in [1.29, 1.82) is 0 Å². The number of aromatic nitrogens is 2. The van der Waals surface area contributed by atoms with Crippen LogP contribution in [0.1, 0.15) is 60.9 Å². The highest BCUT2D eigenvalue weighted by Gasteiger charge is 2.34. The molecule has 4 rings (SSSR count).